The van der Waals surface area contributed by atoms with Gasteiger partial charge >= 0.3 is 0 Å². The molecule has 0 aliphatic rings. The van der Waals surface area contributed by atoms with Crippen molar-refractivity contribution >= 4 is 29.1 Å². The Morgan fingerprint density at radius 1 is 1.04 bits per heavy atom. The number of rotatable bonds is 5. The molecular formula is C21H21ClN4O. The lowest BCUT2D eigenvalue weighted by Gasteiger charge is -2.13. The van der Waals surface area contributed by atoms with Crippen molar-refractivity contribution in [2.75, 3.05) is 5.32 Å². The number of aryl methyl sites for hydroxylation is 3. The molecule has 5 nitrogen and oxygen atoms in total. The van der Waals surface area contributed by atoms with Crippen molar-refractivity contribution in [3.8, 4) is 0 Å². The molecule has 0 unspecified atom stereocenters. The number of carbonyl (C=O) groups excluding carboxylic acids is 1. The number of halogens is 1. The van der Waals surface area contributed by atoms with Crippen LogP contribution in [0.4, 0.5) is 11.6 Å². The zero-order valence-electron chi connectivity index (χ0n) is 15.5. The summed E-state index contributed by atoms with van der Waals surface area (Å²) in [5, 5.41) is 6.61. The zero-order chi connectivity index (χ0) is 19.4. The highest BCUT2D eigenvalue weighted by Gasteiger charge is 2.13. The summed E-state index contributed by atoms with van der Waals surface area (Å²) in [4.78, 5) is 21.2. The van der Waals surface area contributed by atoms with Gasteiger partial charge in [0.15, 0.2) is 0 Å². The van der Waals surface area contributed by atoms with E-state index in [4.69, 9.17) is 11.6 Å². The first-order valence-corrected chi connectivity index (χ1v) is 9.02. The summed E-state index contributed by atoms with van der Waals surface area (Å²) >= 11 is 6.35. The van der Waals surface area contributed by atoms with Gasteiger partial charge in [0, 0.05) is 12.2 Å². The van der Waals surface area contributed by atoms with E-state index < -0.39 is 0 Å². The van der Waals surface area contributed by atoms with Crippen molar-refractivity contribution in [2.45, 2.75) is 27.3 Å². The molecule has 2 aromatic carbocycles. The van der Waals surface area contributed by atoms with E-state index in [-0.39, 0.29) is 5.91 Å². The normalized spacial score (nSPS) is 10.5. The number of carbonyl (C=O) groups is 1. The number of amides is 1. The van der Waals surface area contributed by atoms with Crippen LogP contribution in [-0.2, 0) is 6.54 Å². The predicted octanol–water partition coefficient (Wildman–Crippen LogP) is 4.73. The van der Waals surface area contributed by atoms with Gasteiger partial charge in [-0.25, -0.2) is 9.97 Å². The highest BCUT2D eigenvalue weighted by molar-refractivity contribution is 6.33. The Labute approximate surface area is 163 Å². The van der Waals surface area contributed by atoms with E-state index >= 15 is 0 Å². The summed E-state index contributed by atoms with van der Waals surface area (Å²) in [7, 11) is 0. The maximum absolute atomic E-state index is 12.5. The Kier molecular flexibility index (Phi) is 5.72. The van der Waals surface area contributed by atoms with Gasteiger partial charge in [-0.1, -0.05) is 48.0 Å². The largest absolute Gasteiger partial charge is 0.347 e. The van der Waals surface area contributed by atoms with Crippen LogP contribution >= 0.6 is 11.6 Å². The van der Waals surface area contributed by atoms with Crippen LogP contribution in [0, 0.1) is 20.8 Å². The molecule has 0 atom stereocenters. The second-order valence-electron chi connectivity index (χ2n) is 6.45. The van der Waals surface area contributed by atoms with Crippen molar-refractivity contribution in [1.82, 2.24) is 15.3 Å². The number of benzene rings is 2. The average Bonchev–Trinajstić information content (AvgIpc) is 2.63. The summed E-state index contributed by atoms with van der Waals surface area (Å²) in [5.74, 6) is 0.0906. The summed E-state index contributed by atoms with van der Waals surface area (Å²) < 4.78 is 0. The van der Waals surface area contributed by atoms with Gasteiger partial charge in [-0.05, 0) is 49.6 Å². The molecule has 0 saturated carbocycles. The molecule has 0 spiro atoms. The van der Waals surface area contributed by atoms with Crippen molar-refractivity contribution in [3.63, 3.8) is 0 Å². The van der Waals surface area contributed by atoms with E-state index in [0.29, 0.717) is 28.9 Å². The summed E-state index contributed by atoms with van der Waals surface area (Å²) in [6, 6.07) is 15.3. The molecule has 1 aromatic heterocycles. The number of aromatic nitrogens is 2. The molecule has 3 rings (SSSR count). The second kappa shape index (κ2) is 8.18. The molecule has 1 amide bonds. The Morgan fingerprint density at radius 3 is 2.48 bits per heavy atom. The van der Waals surface area contributed by atoms with Gasteiger partial charge in [0.1, 0.15) is 5.69 Å². The van der Waals surface area contributed by atoms with E-state index in [2.05, 4.69) is 20.6 Å². The first kappa shape index (κ1) is 18.9. The SMILES string of the molecule is Cc1cc(C)c(Nc2nc(C)cc(C(=O)NCc3ccccc3)n2)c(Cl)c1. The molecule has 0 saturated heterocycles. The van der Waals surface area contributed by atoms with E-state index in [1.165, 1.54) is 0 Å². The van der Waals surface area contributed by atoms with Crippen molar-refractivity contribution in [1.29, 1.82) is 0 Å². The third-order valence-electron chi connectivity index (χ3n) is 4.05. The fourth-order valence-corrected chi connectivity index (χ4v) is 3.16. The van der Waals surface area contributed by atoms with Crippen LogP contribution in [0.15, 0.2) is 48.5 Å². The van der Waals surface area contributed by atoms with Crippen LogP contribution in [0.25, 0.3) is 0 Å². The Bertz CT molecular complexity index is 950. The topological polar surface area (TPSA) is 66.9 Å². The molecule has 3 aromatic rings. The highest BCUT2D eigenvalue weighted by Crippen LogP contribution is 2.29. The molecule has 2 N–H and O–H groups in total. The third kappa shape index (κ3) is 4.83. The van der Waals surface area contributed by atoms with Gasteiger partial charge in [0.2, 0.25) is 5.95 Å². The van der Waals surface area contributed by atoms with E-state index in [0.717, 1.165) is 22.4 Å². The molecule has 0 aliphatic carbocycles. The van der Waals surface area contributed by atoms with Gasteiger partial charge in [-0.15, -0.1) is 0 Å². The summed E-state index contributed by atoms with van der Waals surface area (Å²) in [6.07, 6.45) is 0. The number of hydrogen-bond donors (Lipinski definition) is 2. The third-order valence-corrected chi connectivity index (χ3v) is 4.35. The minimum atomic E-state index is -0.251. The van der Waals surface area contributed by atoms with Crippen molar-refractivity contribution in [3.05, 3.63) is 81.6 Å². The number of nitrogens with zero attached hydrogens (tertiary/aromatic N) is 2. The highest BCUT2D eigenvalue weighted by atomic mass is 35.5. The van der Waals surface area contributed by atoms with Crippen LogP contribution in [-0.4, -0.2) is 15.9 Å². The molecule has 0 fully saturated rings. The molecule has 138 valence electrons. The number of nitrogens with one attached hydrogen (secondary N) is 2. The lowest BCUT2D eigenvalue weighted by atomic mass is 10.1. The molecule has 1 heterocycles. The fourth-order valence-electron chi connectivity index (χ4n) is 2.80. The van der Waals surface area contributed by atoms with Crippen molar-refractivity contribution in [2.24, 2.45) is 0 Å². The first-order chi connectivity index (χ1) is 12.9. The lowest BCUT2D eigenvalue weighted by molar-refractivity contribution is 0.0945. The molecule has 6 heteroatoms. The van der Waals surface area contributed by atoms with Gasteiger partial charge in [0.25, 0.3) is 5.91 Å². The van der Waals surface area contributed by atoms with Gasteiger partial charge in [-0.2, -0.15) is 0 Å². The standard InChI is InChI=1S/C21H21ClN4O/c1-13-9-14(2)19(17(22)10-13)26-21-24-15(3)11-18(25-21)20(27)23-12-16-7-5-4-6-8-16/h4-11H,12H2,1-3H3,(H,23,27)(H,24,25,26). The lowest BCUT2D eigenvalue weighted by Crippen LogP contribution is -2.24. The molecule has 27 heavy (non-hydrogen) atoms. The quantitative estimate of drug-likeness (QED) is 0.671. The number of anilines is 2. The van der Waals surface area contributed by atoms with Crippen LogP contribution in [0.1, 0.15) is 32.9 Å². The number of hydrogen-bond acceptors (Lipinski definition) is 4. The molecule has 0 aliphatic heterocycles. The molecule has 0 bridgehead atoms. The minimum Gasteiger partial charge on any atom is -0.347 e. The molecular weight excluding hydrogens is 360 g/mol. The first-order valence-electron chi connectivity index (χ1n) is 8.64. The minimum absolute atomic E-state index is 0.251. The van der Waals surface area contributed by atoms with Crippen LogP contribution in [0.5, 0.6) is 0 Å². The predicted molar refractivity (Wildman–Crippen MR) is 109 cm³/mol. The summed E-state index contributed by atoms with van der Waals surface area (Å²) in [5.41, 5.74) is 4.83. The smallest absolute Gasteiger partial charge is 0.270 e. The maximum Gasteiger partial charge on any atom is 0.270 e. The Morgan fingerprint density at radius 2 is 1.78 bits per heavy atom. The van der Waals surface area contributed by atoms with Gasteiger partial charge < -0.3 is 10.6 Å². The van der Waals surface area contributed by atoms with Crippen molar-refractivity contribution < 1.29 is 4.79 Å². The maximum atomic E-state index is 12.5. The van der Waals surface area contributed by atoms with Crippen LogP contribution < -0.4 is 10.6 Å². The van der Waals surface area contributed by atoms with Gasteiger partial charge in [-0.3, -0.25) is 4.79 Å². The van der Waals surface area contributed by atoms with E-state index in [9.17, 15) is 4.79 Å². The van der Waals surface area contributed by atoms with Crippen LogP contribution in [0.3, 0.4) is 0 Å². The van der Waals surface area contributed by atoms with Crippen LogP contribution in [0.2, 0.25) is 5.02 Å². The zero-order valence-corrected chi connectivity index (χ0v) is 16.3. The van der Waals surface area contributed by atoms with E-state index in [1.54, 1.807) is 6.07 Å². The summed E-state index contributed by atoms with van der Waals surface area (Å²) in [6.45, 7) is 6.21. The Hall–Kier alpha value is -2.92. The van der Waals surface area contributed by atoms with Gasteiger partial charge in [0.05, 0.1) is 10.7 Å². The molecule has 0 radical (unpaired) electrons. The van der Waals surface area contributed by atoms with E-state index in [1.807, 2.05) is 63.2 Å². The average molecular weight is 381 g/mol. The Balaban J connectivity index is 1.79. The second-order valence-corrected chi connectivity index (χ2v) is 6.86. The fraction of sp³-hybridized carbons (Fsp3) is 0.190. The monoisotopic (exact) mass is 380 g/mol.